The lowest BCUT2D eigenvalue weighted by atomic mass is 10.1. The first-order valence-electron chi connectivity index (χ1n) is 6.99. The molecular formula is C17H19N3. The smallest absolute Gasteiger partial charge is 0.0955 e. The number of hydrogen-bond acceptors (Lipinski definition) is 2. The zero-order valence-corrected chi connectivity index (χ0v) is 11.9. The minimum absolute atomic E-state index is 0.817. The van der Waals surface area contributed by atoms with Crippen molar-refractivity contribution in [2.24, 2.45) is 7.05 Å². The van der Waals surface area contributed by atoms with Gasteiger partial charge in [-0.15, -0.1) is 0 Å². The minimum Gasteiger partial charge on any atom is -0.381 e. The van der Waals surface area contributed by atoms with E-state index in [0.29, 0.717) is 0 Å². The Hall–Kier alpha value is -2.29. The van der Waals surface area contributed by atoms with Crippen LogP contribution in [0.5, 0.6) is 0 Å². The van der Waals surface area contributed by atoms with E-state index in [9.17, 15) is 0 Å². The Morgan fingerprint density at radius 3 is 2.55 bits per heavy atom. The summed E-state index contributed by atoms with van der Waals surface area (Å²) < 4.78 is 2.04. The Morgan fingerprint density at radius 2 is 1.80 bits per heavy atom. The number of nitrogens with zero attached hydrogens (tertiary/aromatic N) is 2. The molecular weight excluding hydrogens is 246 g/mol. The molecule has 0 aliphatic carbocycles. The monoisotopic (exact) mass is 265 g/mol. The van der Waals surface area contributed by atoms with Crippen LogP contribution in [-0.4, -0.2) is 9.55 Å². The van der Waals surface area contributed by atoms with Gasteiger partial charge in [0.05, 0.1) is 17.4 Å². The third-order valence-corrected chi connectivity index (χ3v) is 3.65. The molecule has 3 heteroatoms. The molecule has 0 radical (unpaired) electrons. The molecule has 20 heavy (non-hydrogen) atoms. The van der Waals surface area contributed by atoms with Crippen molar-refractivity contribution in [3.63, 3.8) is 0 Å². The third-order valence-electron chi connectivity index (χ3n) is 3.65. The van der Waals surface area contributed by atoms with E-state index in [1.165, 1.54) is 16.6 Å². The molecule has 0 unspecified atom stereocenters. The summed E-state index contributed by atoms with van der Waals surface area (Å²) in [4.78, 5) is 4.39. The Kier molecular flexibility index (Phi) is 3.42. The minimum atomic E-state index is 0.817. The van der Waals surface area contributed by atoms with Crippen LogP contribution in [-0.2, 0) is 20.0 Å². The number of benzene rings is 2. The fourth-order valence-corrected chi connectivity index (χ4v) is 2.35. The van der Waals surface area contributed by atoms with Gasteiger partial charge in [-0.25, -0.2) is 4.98 Å². The van der Waals surface area contributed by atoms with Crippen LogP contribution < -0.4 is 5.32 Å². The Bertz CT molecular complexity index is 711. The van der Waals surface area contributed by atoms with Gasteiger partial charge in [0.2, 0.25) is 0 Å². The molecule has 3 aromatic rings. The third kappa shape index (κ3) is 2.52. The Labute approximate surface area is 119 Å². The van der Waals surface area contributed by atoms with Crippen LogP contribution in [0.2, 0.25) is 0 Å². The van der Waals surface area contributed by atoms with Crippen LogP contribution in [0.3, 0.4) is 0 Å². The molecule has 0 aliphatic rings. The number of aryl methyl sites for hydroxylation is 2. The molecule has 2 aromatic carbocycles. The summed E-state index contributed by atoms with van der Waals surface area (Å²) >= 11 is 0. The first-order chi connectivity index (χ1) is 9.76. The van der Waals surface area contributed by atoms with Gasteiger partial charge in [-0.05, 0) is 41.8 Å². The van der Waals surface area contributed by atoms with Crippen LogP contribution in [0.1, 0.15) is 18.1 Å². The van der Waals surface area contributed by atoms with E-state index in [0.717, 1.165) is 24.2 Å². The second-order valence-electron chi connectivity index (χ2n) is 5.08. The summed E-state index contributed by atoms with van der Waals surface area (Å²) in [6.07, 6.45) is 2.93. The van der Waals surface area contributed by atoms with Crippen molar-refractivity contribution in [3.8, 4) is 0 Å². The van der Waals surface area contributed by atoms with E-state index in [4.69, 9.17) is 0 Å². The molecule has 0 fully saturated rings. The predicted molar refractivity (Wildman–Crippen MR) is 83.9 cm³/mol. The highest BCUT2D eigenvalue weighted by molar-refractivity contribution is 5.76. The highest BCUT2D eigenvalue weighted by Gasteiger charge is 2.01. The molecule has 0 atom stereocenters. The molecule has 3 rings (SSSR count). The fraction of sp³-hybridized carbons (Fsp3) is 0.235. The predicted octanol–water partition coefficient (Wildman–Crippen LogP) is 3.75. The van der Waals surface area contributed by atoms with Gasteiger partial charge >= 0.3 is 0 Å². The number of nitrogens with one attached hydrogen (secondary N) is 1. The standard InChI is InChI=1S/C17H19N3/c1-3-13-4-7-15(8-5-13)18-11-14-6-9-17-16(10-14)19-12-20(17)2/h4-10,12,18H,3,11H2,1-2H3. The van der Waals surface area contributed by atoms with E-state index in [2.05, 4.69) is 59.7 Å². The molecule has 1 aromatic heterocycles. The van der Waals surface area contributed by atoms with Crippen LogP contribution in [0.15, 0.2) is 48.8 Å². The molecule has 1 heterocycles. The van der Waals surface area contributed by atoms with Gasteiger partial charge in [0.1, 0.15) is 0 Å². The van der Waals surface area contributed by atoms with Gasteiger partial charge in [-0.2, -0.15) is 0 Å². The SMILES string of the molecule is CCc1ccc(NCc2ccc3c(c2)ncn3C)cc1. The maximum Gasteiger partial charge on any atom is 0.0955 e. The molecule has 3 nitrogen and oxygen atoms in total. The van der Waals surface area contributed by atoms with E-state index < -0.39 is 0 Å². The first kappa shape index (κ1) is 12.7. The quantitative estimate of drug-likeness (QED) is 0.778. The normalized spacial score (nSPS) is 10.9. The van der Waals surface area contributed by atoms with Crippen LogP contribution in [0, 0.1) is 0 Å². The Balaban J connectivity index is 1.72. The molecule has 0 bridgehead atoms. The zero-order valence-electron chi connectivity index (χ0n) is 11.9. The number of aromatic nitrogens is 2. The number of rotatable bonds is 4. The van der Waals surface area contributed by atoms with E-state index in [1.807, 2.05) is 17.9 Å². The second-order valence-corrected chi connectivity index (χ2v) is 5.08. The summed E-state index contributed by atoms with van der Waals surface area (Å²) in [5, 5.41) is 3.45. The number of anilines is 1. The van der Waals surface area contributed by atoms with Crippen molar-refractivity contribution in [2.45, 2.75) is 19.9 Å². The maximum atomic E-state index is 4.39. The maximum absolute atomic E-state index is 4.39. The highest BCUT2D eigenvalue weighted by Crippen LogP contribution is 2.16. The topological polar surface area (TPSA) is 29.9 Å². The van der Waals surface area contributed by atoms with E-state index in [-0.39, 0.29) is 0 Å². The van der Waals surface area contributed by atoms with Crippen molar-refractivity contribution in [3.05, 3.63) is 59.9 Å². The van der Waals surface area contributed by atoms with Crippen LogP contribution in [0.25, 0.3) is 11.0 Å². The van der Waals surface area contributed by atoms with Crippen molar-refractivity contribution < 1.29 is 0 Å². The van der Waals surface area contributed by atoms with Gasteiger partial charge in [0.25, 0.3) is 0 Å². The van der Waals surface area contributed by atoms with Crippen molar-refractivity contribution in [1.82, 2.24) is 9.55 Å². The molecule has 0 spiro atoms. The second kappa shape index (κ2) is 5.37. The van der Waals surface area contributed by atoms with Crippen molar-refractivity contribution >= 4 is 16.7 Å². The van der Waals surface area contributed by atoms with Crippen LogP contribution in [0.4, 0.5) is 5.69 Å². The summed E-state index contributed by atoms with van der Waals surface area (Å²) in [5.41, 5.74) is 5.98. The van der Waals surface area contributed by atoms with Gasteiger partial charge < -0.3 is 9.88 Å². The van der Waals surface area contributed by atoms with E-state index >= 15 is 0 Å². The highest BCUT2D eigenvalue weighted by atomic mass is 15.0. The lowest BCUT2D eigenvalue weighted by Gasteiger charge is -2.07. The van der Waals surface area contributed by atoms with Gasteiger partial charge in [0, 0.05) is 19.3 Å². The zero-order chi connectivity index (χ0) is 13.9. The average Bonchev–Trinajstić information content (AvgIpc) is 2.87. The average molecular weight is 265 g/mol. The van der Waals surface area contributed by atoms with Crippen molar-refractivity contribution in [1.29, 1.82) is 0 Å². The van der Waals surface area contributed by atoms with Crippen LogP contribution >= 0.6 is 0 Å². The lowest BCUT2D eigenvalue weighted by Crippen LogP contribution is -1.99. The largest absolute Gasteiger partial charge is 0.381 e. The molecule has 102 valence electrons. The molecule has 0 saturated heterocycles. The van der Waals surface area contributed by atoms with Gasteiger partial charge in [-0.1, -0.05) is 25.1 Å². The van der Waals surface area contributed by atoms with E-state index in [1.54, 1.807) is 0 Å². The first-order valence-corrected chi connectivity index (χ1v) is 6.99. The van der Waals surface area contributed by atoms with Crippen molar-refractivity contribution in [2.75, 3.05) is 5.32 Å². The fourth-order valence-electron chi connectivity index (χ4n) is 2.35. The lowest BCUT2D eigenvalue weighted by molar-refractivity contribution is 0.947. The van der Waals surface area contributed by atoms with Gasteiger partial charge in [0.15, 0.2) is 0 Å². The summed E-state index contributed by atoms with van der Waals surface area (Å²) in [5.74, 6) is 0. The molecule has 1 N–H and O–H groups in total. The summed E-state index contributed by atoms with van der Waals surface area (Å²) in [6, 6.07) is 15.0. The number of fused-ring (bicyclic) bond motifs is 1. The summed E-state index contributed by atoms with van der Waals surface area (Å²) in [6.45, 7) is 2.99. The Morgan fingerprint density at radius 1 is 1.05 bits per heavy atom. The molecule has 0 aliphatic heterocycles. The number of imidazole rings is 1. The molecule has 0 saturated carbocycles. The number of hydrogen-bond donors (Lipinski definition) is 1. The molecule has 0 amide bonds. The summed E-state index contributed by atoms with van der Waals surface area (Å²) in [7, 11) is 2.02. The van der Waals surface area contributed by atoms with Gasteiger partial charge in [-0.3, -0.25) is 0 Å².